The Kier molecular flexibility index (Phi) is 6.47. The fourth-order valence-corrected chi connectivity index (χ4v) is 3.26. The van der Waals surface area contributed by atoms with Crippen molar-refractivity contribution in [2.45, 2.75) is 6.92 Å². The summed E-state index contributed by atoms with van der Waals surface area (Å²) in [5.74, 6) is 0.373. The second kappa shape index (κ2) is 8.83. The largest absolute Gasteiger partial charge is 0.484 e. The second-order valence-electron chi connectivity index (χ2n) is 6.70. The lowest BCUT2D eigenvalue weighted by Gasteiger charge is -2.35. The van der Waals surface area contributed by atoms with Gasteiger partial charge in [0.15, 0.2) is 6.61 Å². The third-order valence-corrected chi connectivity index (χ3v) is 5.24. The molecule has 0 bridgehead atoms. The van der Waals surface area contributed by atoms with E-state index in [1.165, 1.54) is 0 Å². The maximum absolute atomic E-state index is 12.4. The predicted octanol–water partition coefficient (Wildman–Crippen LogP) is 4.07. The Morgan fingerprint density at radius 3 is 2.56 bits per heavy atom. The molecule has 1 aliphatic rings. The summed E-state index contributed by atoms with van der Waals surface area (Å²) in [5, 5.41) is 4.18. The molecule has 1 aliphatic heterocycles. The number of benzene rings is 2. The molecule has 2 aromatic carbocycles. The van der Waals surface area contributed by atoms with Crippen molar-refractivity contribution >= 4 is 40.5 Å². The molecule has 144 valence electrons. The third-order valence-electron chi connectivity index (χ3n) is 4.58. The number of hydrogen-bond acceptors (Lipinski definition) is 4. The summed E-state index contributed by atoms with van der Waals surface area (Å²) in [7, 11) is 2.11. The molecule has 1 N–H and O–H groups in total. The second-order valence-corrected chi connectivity index (χ2v) is 7.54. The van der Waals surface area contributed by atoms with Crippen LogP contribution in [0, 0.1) is 6.92 Å². The van der Waals surface area contributed by atoms with Gasteiger partial charge in [0, 0.05) is 36.2 Å². The van der Waals surface area contributed by atoms with Crippen LogP contribution in [0.25, 0.3) is 0 Å². The standard InChI is InChI=1S/C20H23Cl2N3O2/c1-14-11-16(4-5-17(14)22)27-13-20(26)23-18-12-15(21)3-6-19(18)25-9-7-24(2)8-10-25/h3-6,11-12H,7-10,13H2,1-2H3,(H,23,26). The van der Waals surface area contributed by atoms with Gasteiger partial charge in [-0.15, -0.1) is 0 Å². The average molecular weight is 408 g/mol. The maximum atomic E-state index is 12.4. The van der Waals surface area contributed by atoms with Crippen molar-refractivity contribution in [3.05, 3.63) is 52.0 Å². The highest BCUT2D eigenvalue weighted by Crippen LogP contribution is 2.30. The van der Waals surface area contributed by atoms with Crippen LogP contribution in [0.4, 0.5) is 11.4 Å². The fraction of sp³-hybridized carbons (Fsp3) is 0.350. The first-order valence-electron chi connectivity index (χ1n) is 8.84. The zero-order chi connectivity index (χ0) is 19.4. The molecule has 3 rings (SSSR count). The smallest absolute Gasteiger partial charge is 0.262 e. The van der Waals surface area contributed by atoms with E-state index in [-0.39, 0.29) is 12.5 Å². The van der Waals surface area contributed by atoms with E-state index in [0.717, 1.165) is 37.4 Å². The van der Waals surface area contributed by atoms with Gasteiger partial charge in [0.05, 0.1) is 11.4 Å². The van der Waals surface area contributed by atoms with E-state index in [1.807, 2.05) is 25.1 Å². The SMILES string of the molecule is Cc1cc(OCC(=O)Nc2cc(Cl)ccc2N2CCN(C)CC2)ccc1Cl. The number of likely N-dealkylation sites (N-methyl/N-ethyl adjacent to an activating group) is 1. The van der Waals surface area contributed by atoms with Crippen molar-refractivity contribution in [2.24, 2.45) is 0 Å². The van der Waals surface area contributed by atoms with Crippen LogP contribution in [0.15, 0.2) is 36.4 Å². The Labute approximate surface area is 169 Å². The van der Waals surface area contributed by atoms with Crippen LogP contribution in [0.5, 0.6) is 5.75 Å². The zero-order valence-electron chi connectivity index (χ0n) is 15.5. The number of anilines is 2. The van der Waals surface area contributed by atoms with Gasteiger partial charge in [-0.2, -0.15) is 0 Å². The number of nitrogens with one attached hydrogen (secondary N) is 1. The molecule has 7 heteroatoms. The van der Waals surface area contributed by atoms with Gasteiger partial charge in [-0.3, -0.25) is 4.79 Å². The number of aryl methyl sites for hydroxylation is 1. The van der Waals surface area contributed by atoms with E-state index in [4.69, 9.17) is 27.9 Å². The number of amides is 1. The van der Waals surface area contributed by atoms with Gasteiger partial charge in [0.25, 0.3) is 5.91 Å². The summed E-state index contributed by atoms with van der Waals surface area (Å²) < 4.78 is 5.58. The predicted molar refractivity (Wildman–Crippen MR) is 111 cm³/mol. The number of carbonyl (C=O) groups excluding carboxylic acids is 1. The van der Waals surface area contributed by atoms with Gasteiger partial charge in [-0.1, -0.05) is 23.2 Å². The van der Waals surface area contributed by atoms with E-state index in [2.05, 4.69) is 22.2 Å². The molecule has 0 atom stereocenters. The zero-order valence-corrected chi connectivity index (χ0v) is 17.0. The van der Waals surface area contributed by atoms with Crippen LogP contribution in [-0.4, -0.2) is 50.6 Å². The lowest BCUT2D eigenvalue weighted by molar-refractivity contribution is -0.118. The highest BCUT2D eigenvalue weighted by atomic mass is 35.5. The third kappa shape index (κ3) is 5.28. The van der Waals surface area contributed by atoms with E-state index in [1.54, 1.807) is 18.2 Å². The number of rotatable bonds is 5. The summed E-state index contributed by atoms with van der Waals surface area (Å²) in [4.78, 5) is 16.9. The van der Waals surface area contributed by atoms with Gasteiger partial charge in [0.2, 0.25) is 0 Å². The molecule has 2 aromatic rings. The van der Waals surface area contributed by atoms with Crippen molar-refractivity contribution < 1.29 is 9.53 Å². The topological polar surface area (TPSA) is 44.8 Å². The molecule has 1 amide bonds. The van der Waals surface area contributed by atoms with E-state index in [0.29, 0.717) is 21.5 Å². The molecule has 0 spiro atoms. The summed E-state index contributed by atoms with van der Waals surface area (Å²) in [6.45, 7) is 5.58. The first-order chi connectivity index (χ1) is 12.9. The van der Waals surface area contributed by atoms with E-state index >= 15 is 0 Å². The Morgan fingerprint density at radius 2 is 1.85 bits per heavy atom. The Morgan fingerprint density at radius 1 is 1.11 bits per heavy atom. The van der Waals surface area contributed by atoms with Gasteiger partial charge < -0.3 is 19.9 Å². The molecule has 1 fully saturated rings. The van der Waals surface area contributed by atoms with Crippen LogP contribution in [0.2, 0.25) is 10.0 Å². The van der Waals surface area contributed by atoms with Gasteiger partial charge >= 0.3 is 0 Å². The normalized spacial score (nSPS) is 14.9. The molecule has 0 unspecified atom stereocenters. The van der Waals surface area contributed by atoms with E-state index in [9.17, 15) is 4.79 Å². The molecular weight excluding hydrogens is 385 g/mol. The number of halogens is 2. The van der Waals surface area contributed by atoms with E-state index < -0.39 is 0 Å². The van der Waals surface area contributed by atoms with Crippen LogP contribution in [0.3, 0.4) is 0 Å². The van der Waals surface area contributed by atoms with Gasteiger partial charge in [-0.25, -0.2) is 0 Å². The Hall–Kier alpha value is -1.95. The number of ether oxygens (including phenoxy) is 1. The van der Waals surface area contributed by atoms with Gasteiger partial charge in [0.1, 0.15) is 5.75 Å². The monoisotopic (exact) mass is 407 g/mol. The first-order valence-corrected chi connectivity index (χ1v) is 9.60. The maximum Gasteiger partial charge on any atom is 0.262 e. The summed E-state index contributed by atoms with van der Waals surface area (Å²) in [5.41, 5.74) is 2.58. The molecule has 0 aromatic heterocycles. The number of piperazine rings is 1. The summed E-state index contributed by atoms with van der Waals surface area (Å²) >= 11 is 12.2. The molecule has 0 radical (unpaired) electrons. The minimum atomic E-state index is -0.236. The molecule has 0 saturated carbocycles. The molecule has 27 heavy (non-hydrogen) atoms. The van der Waals surface area contributed by atoms with Crippen molar-refractivity contribution in [2.75, 3.05) is 50.1 Å². The minimum Gasteiger partial charge on any atom is -0.484 e. The fourth-order valence-electron chi connectivity index (χ4n) is 2.97. The van der Waals surface area contributed by atoms with Crippen molar-refractivity contribution in [3.63, 3.8) is 0 Å². The number of nitrogens with zero attached hydrogens (tertiary/aromatic N) is 2. The van der Waals surface area contributed by atoms with Crippen LogP contribution >= 0.6 is 23.2 Å². The molecule has 1 saturated heterocycles. The minimum absolute atomic E-state index is 0.0875. The summed E-state index contributed by atoms with van der Waals surface area (Å²) in [6, 6.07) is 10.9. The Bertz CT molecular complexity index is 821. The lowest BCUT2D eigenvalue weighted by atomic mass is 10.2. The Balaban J connectivity index is 1.66. The lowest BCUT2D eigenvalue weighted by Crippen LogP contribution is -2.44. The highest BCUT2D eigenvalue weighted by molar-refractivity contribution is 6.31. The summed E-state index contributed by atoms with van der Waals surface area (Å²) in [6.07, 6.45) is 0. The van der Waals surface area contributed by atoms with Gasteiger partial charge in [-0.05, 0) is 55.9 Å². The van der Waals surface area contributed by atoms with Crippen molar-refractivity contribution in [1.82, 2.24) is 4.90 Å². The van der Waals surface area contributed by atoms with Crippen molar-refractivity contribution in [3.8, 4) is 5.75 Å². The molecule has 5 nitrogen and oxygen atoms in total. The first kappa shape index (κ1) is 19.8. The molecular formula is C20H23Cl2N3O2. The number of hydrogen-bond donors (Lipinski definition) is 1. The quantitative estimate of drug-likeness (QED) is 0.810. The average Bonchev–Trinajstić information content (AvgIpc) is 2.64. The van der Waals surface area contributed by atoms with Crippen LogP contribution in [0.1, 0.15) is 5.56 Å². The van der Waals surface area contributed by atoms with Crippen molar-refractivity contribution in [1.29, 1.82) is 0 Å². The molecule has 1 heterocycles. The highest BCUT2D eigenvalue weighted by Gasteiger charge is 2.18. The van der Waals surface area contributed by atoms with Crippen LogP contribution in [-0.2, 0) is 4.79 Å². The van der Waals surface area contributed by atoms with Crippen LogP contribution < -0.4 is 15.0 Å². The number of carbonyl (C=O) groups is 1. The molecule has 0 aliphatic carbocycles.